The highest BCUT2D eigenvalue weighted by Gasteiger charge is 2.24. The molecule has 0 aliphatic rings. The van der Waals surface area contributed by atoms with Crippen LogP contribution < -0.4 is 0 Å². The van der Waals surface area contributed by atoms with Crippen LogP contribution in [0.1, 0.15) is 0 Å². The van der Waals surface area contributed by atoms with Crippen molar-refractivity contribution in [2.24, 2.45) is 0 Å². The van der Waals surface area contributed by atoms with Crippen molar-refractivity contribution in [2.45, 2.75) is 0 Å². The van der Waals surface area contributed by atoms with Gasteiger partial charge < -0.3 is 9.13 Å². The Balaban J connectivity index is 1.32. The fourth-order valence-electron chi connectivity index (χ4n) is 8.09. The van der Waals surface area contributed by atoms with Crippen molar-refractivity contribution in [3.8, 4) is 11.4 Å². The van der Waals surface area contributed by atoms with E-state index in [0.29, 0.717) is 0 Å². The molecule has 0 unspecified atom stereocenters. The van der Waals surface area contributed by atoms with Crippen LogP contribution >= 0.6 is 11.3 Å². The van der Waals surface area contributed by atoms with Crippen molar-refractivity contribution >= 4 is 96.7 Å². The van der Waals surface area contributed by atoms with Crippen molar-refractivity contribution in [1.29, 1.82) is 0 Å². The van der Waals surface area contributed by atoms with Gasteiger partial charge in [-0.1, -0.05) is 84.9 Å². The van der Waals surface area contributed by atoms with Crippen LogP contribution in [-0.4, -0.2) is 9.13 Å². The number of fused-ring (bicyclic) bond motifs is 6. The summed E-state index contributed by atoms with van der Waals surface area (Å²) in [4.78, 5) is 0. The molecular weight excluding hydrogens is 565 g/mol. The topological polar surface area (TPSA) is 9.86 Å². The van der Waals surface area contributed by atoms with E-state index in [-0.39, 0.29) is 0 Å². The summed E-state index contributed by atoms with van der Waals surface area (Å²) in [5.74, 6) is 0. The summed E-state index contributed by atoms with van der Waals surface area (Å²) < 4.78 is 7.57. The smallest absolute Gasteiger partial charge is 0.0555 e. The highest BCUT2D eigenvalue weighted by Crippen LogP contribution is 2.48. The second kappa shape index (κ2) is 8.50. The van der Waals surface area contributed by atoms with Crippen molar-refractivity contribution in [3.63, 3.8) is 0 Å². The van der Waals surface area contributed by atoms with Gasteiger partial charge in [0.2, 0.25) is 0 Å². The summed E-state index contributed by atoms with van der Waals surface area (Å²) in [6.45, 7) is 0. The molecule has 0 fully saturated rings. The number of rotatable bonds is 2. The largest absolute Gasteiger partial charge is 0.309 e. The number of benzene rings is 8. The van der Waals surface area contributed by atoms with E-state index in [4.69, 9.17) is 0 Å². The van der Waals surface area contributed by atoms with Gasteiger partial charge in [0.1, 0.15) is 0 Å². The van der Waals surface area contributed by atoms with E-state index in [1.807, 2.05) is 11.3 Å². The Morgan fingerprint density at radius 3 is 1.36 bits per heavy atom. The van der Waals surface area contributed by atoms with Gasteiger partial charge in [-0.05, 0) is 93.0 Å². The van der Waals surface area contributed by atoms with E-state index in [1.54, 1.807) is 0 Å². The third kappa shape index (κ3) is 2.98. The highest BCUT2D eigenvalue weighted by molar-refractivity contribution is 7.24. The van der Waals surface area contributed by atoms with Crippen molar-refractivity contribution in [2.75, 3.05) is 0 Å². The molecule has 0 N–H and O–H groups in total. The van der Waals surface area contributed by atoms with E-state index in [0.717, 1.165) is 0 Å². The van der Waals surface area contributed by atoms with Gasteiger partial charge in [-0.15, -0.1) is 11.3 Å². The summed E-state index contributed by atoms with van der Waals surface area (Å²) in [5.41, 5.74) is 7.39. The number of nitrogens with zero attached hydrogens (tertiary/aromatic N) is 2. The lowest BCUT2D eigenvalue weighted by molar-refractivity contribution is 1.17. The zero-order chi connectivity index (χ0) is 29.2. The summed E-state index contributed by atoms with van der Waals surface area (Å²) in [5, 5.41) is 13.2. The molecule has 0 bridgehead atoms. The Morgan fingerprint density at radius 1 is 0.311 bits per heavy atom. The van der Waals surface area contributed by atoms with Crippen molar-refractivity contribution in [1.82, 2.24) is 9.13 Å². The van der Waals surface area contributed by atoms with Gasteiger partial charge >= 0.3 is 0 Å². The summed E-state index contributed by atoms with van der Waals surface area (Å²) >= 11 is 1.90. The van der Waals surface area contributed by atoms with Crippen LogP contribution in [0.4, 0.5) is 0 Å². The summed E-state index contributed by atoms with van der Waals surface area (Å²) in [6.07, 6.45) is 0. The monoisotopic (exact) mass is 588 g/mol. The minimum Gasteiger partial charge on any atom is -0.309 e. The first-order valence-corrected chi connectivity index (χ1v) is 16.3. The maximum absolute atomic E-state index is 2.50. The maximum atomic E-state index is 2.50. The fourth-order valence-corrected chi connectivity index (χ4v) is 9.24. The number of para-hydroxylation sites is 1. The zero-order valence-electron chi connectivity index (χ0n) is 24.2. The van der Waals surface area contributed by atoms with Gasteiger partial charge in [0.05, 0.1) is 22.1 Å². The van der Waals surface area contributed by atoms with E-state index >= 15 is 0 Å². The van der Waals surface area contributed by atoms with Gasteiger partial charge in [0, 0.05) is 42.3 Å². The van der Waals surface area contributed by atoms with E-state index in [2.05, 4.69) is 155 Å². The summed E-state index contributed by atoms with van der Waals surface area (Å²) in [6, 6.07) is 53.8. The molecule has 0 aliphatic heterocycles. The molecule has 2 nitrogen and oxygen atoms in total. The van der Waals surface area contributed by atoms with Crippen LogP contribution in [0.3, 0.4) is 0 Å². The predicted molar refractivity (Wildman–Crippen MR) is 194 cm³/mol. The molecule has 0 radical (unpaired) electrons. The van der Waals surface area contributed by atoms with Crippen LogP contribution in [-0.2, 0) is 0 Å². The molecule has 208 valence electrons. The third-order valence-electron chi connectivity index (χ3n) is 9.85. The second-order valence-corrected chi connectivity index (χ2v) is 13.2. The number of hydrogen-bond donors (Lipinski definition) is 0. The molecule has 3 aromatic heterocycles. The Morgan fingerprint density at radius 2 is 0.778 bits per heavy atom. The zero-order valence-corrected chi connectivity index (χ0v) is 25.0. The van der Waals surface area contributed by atoms with Gasteiger partial charge in [0.25, 0.3) is 0 Å². The predicted octanol–water partition coefficient (Wildman–Crippen LogP) is 12.0. The highest BCUT2D eigenvalue weighted by atomic mass is 32.1. The molecule has 3 heteroatoms. The van der Waals surface area contributed by atoms with E-state index < -0.39 is 0 Å². The van der Waals surface area contributed by atoms with E-state index in [9.17, 15) is 0 Å². The molecule has 8 aromatic carbocycles. The Hall–Kier alpha value is -5.64. The Kier molecular flexibility index (Phi) is 4.49. The molecule has 0 aliphatic carbocycles. The minimum atomic E-state index is 1.19. The van der Waals surface area contributed by atoms with Crippen molar-refractivity contribution < 1.29 is 0 Å². The molecule has 45 heavy (non-hydrogen) atoms. The molecule has 0 atom stereocenters. The second-order valence-electron chi connectivity index (χ2n) is 12.1. The van der Waals surface area contributed by atoms with Crippen LogP contribution in [0.25, 0.3) is 96.7 Å². The lowest BCUT2D eigenvalue weighted by Crippen LogP contribution is -1.95. The van der Waals surface area contributed by atoms with Crippen LogP contribution in [0.5, 0.6) is 0 Å². The lowest BCUT2D eigenvalue weighted by atomic mass is 9.94. The average Bonchev–Trinajstić information content (AvgIpc) is 3.57. The molecule has 0 saturated heterocycles. The molecule has 11 rings (SSSR count). The maximum Gasteiger partial charge on any atom is 0.0555 e. The van der Waals surface area contributed by atoms with Crippen LogP contribution in [0, 0.1) is 0 Å². The molecule has 0 saturated carbocycles. The Labute approximate surface area is 261 Å². The lowest BCUT2D eigenvalue weighted by Gasteiger charge is -2.14. The minimum absolute atomic E-state index is 1.19. The Bertz CT molecular complexity index is 2940. The van der Waals surface area contributed by atoms with Gasteiger partial charge in [-0.2, -0.15) is 0 Å². The summed E-state index contributed by atoms with van der Waals surface area (Å²) in [7, 11) is 0. The first-order valence-electron chi connectivity index (χ1n) is 15.5. The number of aromatic nitrogens is 2. The average molecular weight is 589 g/mol. The molecular formula is C42H24N2S. The molecule has 11 aromatic rings. The SMILES string of the molecule is c1ccc(-n2c3cccc4sc5cccc6c5c5c(c43)c2ccc5n6-c2ccc3c4ccccc4c4ccccc4c3c2)cc1. The quantitative estimate of drug-likeness (QED) is 0.178. The standard InChI is InChI=1S/C42H24N2S/c1-2-10-25(11-3-1)43-33-16-8-18-37-39(33)41-35(43)22-23-36-42(41)40-34(17-9-19-38(40)45-37)44(36)26-20-21-31-29-14-5-4-12-27(29)28-13-6-7-15-30(28)32(31)24-26/h1-24H. The fraction of sp³-hybridized carbons (Fsp3) is 0. The molecule has 3 heterocycles. The normalized spacial score (nSPS) is 12.4. The first kappa shape index (κ1) is 23.8. The third-order valence-corrected chi connectivity index (χ3v) is 11.0. The van der Waals surface area contributed by atoms with Crippen molar-refractivity contribution in [3.05, 3.63) is 146 Å². The number of hydrogen-bond acceptors (Lipinski definition) is 1. The van der Waals surface area contributed by atoms with Gasteiger partial charge in [-0.25, -0.2) is 0 Å². The van der Waals surface area contributed by atoms with E-state index in [1.165, 1.54) is 96.7 Å². The molecule has 0 spiro atoms. The van der Waals surface area contributed by atoms with Gasteiger partial charge in [-0.3, -0.25) is 0 Å². The van der Waals surface area contributed by atoms with Crippen LogP contribution in [0.15, 0.2) is 146 Å². The van der Waals surface area contributed by atoms with Crippen LogP contribution in [0.2, 0.25) is 0 Å². The van der Waals surface area contributed by atoms with Gasteiger partial charge in [0.15, 0.2) is 0 Å². The first-order chi connectivity index (χ1) is 22.3. The molecule has 0 amide bonds.